The lowest BCUT2D eigenvalue weighted by Gasteiger charge is -2.02. The van der Waals surface area contributed by atoms with Crippen LogP contribution in [0.25, 0.3) is 0 Å². The molecule has 0 aromatic heterocycles. The molecule has 0 aliphatic heterocycles. The predicted octanol–water partition coefficient (Wildman–Crippen LogP) is 1.33. The van der Waals surface area contributed by atoms with Crippen LogP contribution in [0.5, 0.6) is 5.75 Å². The fraction of sp³-hybridized carbons (Fsp3) is 0.222. The summed E-state index contributed by atoms with van der Waals surface area (Å²) in [4.78, 5) is 10.4. The van der Waals surface area contributed by atoms with E-state index in [0.29, 0.717) is 5.56 Å². The fourth-order valence-corrected chi connectivity index (χ4v) is 1.01. The van der Waals surface area contributed by atoms with Gasteiger partial charge in [-0.2, -0.15) is 0 Å². The van der Waals surface area contributed by atoms with E-state index in [4.69, 9.17) is 10.2 Å². The van der Waals surface area contributed by atoms with Gasteiger partial charge in [-0.05, 0) is 30.2 Å². The summed E-state index contributed by atoms with van der Waals surface area (Å²) < 4.78 is 0. The van der Waals surface area contributed by atoms with Crippen molar-refractivity contribution in [2.45, 2.75) is 13.3 Å². The van der Waals surface area contributed by atoms with Crippen LogP contribution in [0.15, 0.2) is 18.2 Å². The Morgan fingerprint density at radius 3 is 2.75 bits per heavy atom. The molecule has 0 heterocycles. The Morgan fingerprint density at radius 2 is 2.17 bits per heavy atom. The number of aryl methyl sites for hydroxylation is 1. The maximum Gasteiger partial charge on any atom is 0.307 e. The molecule has 3 nitrogen and oxygen atoms in total. The van der Waals surface area contributed by atoms with E-state index in [2.05, 4.69) is 0 Å². The van der Waals surface area contributed by atoms with Crippen LogP contribution in [-0.4, -0.2) is 16.2 Å². The van der Waals surface area contributed by atoms with Gasteiger partial charge in [-0.15, -0.1) is 0 Å². The van der Waals surface area contributed by atoms with Crippen molar-refractivity contribution in [2.75, 3.05) is 0 Å². The highest BCUT2D eigenvalue weighted by Crippen LogP contribution is 2.16. The van der Waals surface area contributed by atoms with Gasteiger partial charge in [0.1, 0.15) is 5.75 Å². The molecule has 64 valence electrons. The monoisotopic (exact) mass is 166 g/mol. The number of aromatic hydroxyl groups is 1. The maximum atomic E-state index is 10.4. The molecule has 0 aliphatic rings. The first-order valence-corrected chi connectivity index (χ1v) is 3.60. The molecule has 0 fully saturated rings. The standard InChI is InChI=1S/C9H10O3/c1-6-2-3-8(10)4-7(6)5-9(11)12/h2-4,10H,5H2,1H3,(H,11,12). The third-order valence-electron chi connectivity index (χ3n) is 1.67. The highest BCUT2D eigenvalue weighted by Gasteiger charge is 2.04. The number of carboxylic acid groups (broad SMARTS) is 1. The average molecular weight is 166 g/mol. The van der Waals surface area contributed by atoms with Crippen LogP contribution in [0.3, 0.4) is 0 Å². The molecule has 2 N–H and O–H groups in total. The number of aliphatic carboxylic acids is 1. The smallest absolute Gasteiger partial charge is 0.307 e. The van der Waals surface area contributed by atoms with Gasteiger partial charge in [-0.25, -0.2) is 0 Å². The Bertz CT molecular complexity index is 305. The SMILES string of the molecule is Cc1ccc(O)cc1CC(=O)O. The van der Waals surface area contributed by atoms with Crippen LogP contribution in [0.4, 0.5) is 0 Å². The minimum Gasteiger partial charge on any atom is -0.508 e. The zero-order valence-electron chi connectivity index (χ0n) is 6.74. The minimum absolute atomic E-state index is 0.0414. The van der Waals surface area contributed by atoms with E-state index in [1.54, 1.807) is 12.1 Å². The summed E-state index contributed by atoms with van der Waals surface area (Å²) in [7, 11) is 0. The molecule has 3 heteroatoms. The first-order chi connectivity index (χ1) is 5.59. The van der Waals surface area contributed by atoms with Gasteiger partial charge in [0.15, 0.2) is 0 Å². The van der Waals surface area contributed by atoms with Crippen molar-refractivity contribution in [3.8, 4) is 5.75 Å². The van der Waals surface area contributed by atoms with Crippen molar-refractivity contribution in [2.24, 2.45) is 0 Å². The molecule has 1 rings (SSSR count). The van der Waals surface area contributed by atoms with Crippen molar-refractivity contribution >= 4 is 5.97 Å². The second kappa shape index (κ2) is 3.26. The van der Waals surface area contributed by atoms with E-state index >= 15 is 0 Å². The molecule has 0 atom stereocenters. The number of hydrogen-bond donors (Lipinski definition) is 2. The van der Waals surface area contributed by atoms with Crippen molar-refractivity contribution in [1.29, 1.82) is 0 Å². The molecular formula is C9H10O3. The second-order valence-electron chi connectivity index (χ2n) is 2.68. The van der Waals surface area contributed by atoms with E-state index in [-0.39, 0.29) is 12.2 Å². The van der Waals surface area contributed by atoms with Gasteiger partial charge in [0.05, 0.1) is 6.42 Å². The zero-order chi connectivity index (χ0) is 9.14. The van der Waals surface area contributed by atoms with Crippen LogP contribution < -0.4 is 0 Å². The van der Waals surface area contributed by atoms with Gasteiger partial charge in [0.2, 0.25) is 0 Å². The molecule has 0 amide bonds. The molecule has 0 aliphatic carbocycles. The minimum atomic E-state index is -0.885. The zero-order valence-corrected chi connectivity index (χ0v) is 6.74. The van der Waals surface area contributed by atoms with E-state index in [1.165, 1.54) is 6.07 Å². The Balaban J connectivity index is 2.97. The molecular weight excluding hydrogens is 156 g/mol. The van der Waals surface area contributed by atoms with Crippen LogP contribution in [0.1, 0.15) is 11.1 Å². The number of rotatable bonds is 2. The number of carbonyl (C=O) groups is 1. The van der Waals surface area contributed by atoms with E-state index < -0.39 is 5.97 Å². The van der Waals surface area contributed by atoms with Crippen LogP contribution in [0.2, 0.25) is 0 Å². The van der Waals surface area contributed by atoms with Crippen LogP contribution in [0, 0.1) is 6.92 Å². The van der Waals surface area contributed by atoms with E-state index in [9.17, 15) is 4.79 Å². The van der Waals surface area contributed by atoms with Gasteiger partial charge in [-0.1, -0.05) is 6.07 Å². The Hall–Kier alpha value is -1.51. The largest absolute Gasteiger partial charge is 0.508 e. The number of phenols is 1. The summed E-state index contributed by atoms with van der Waals surface area (Å²) in [6.45, 7) is 1.82. The lowest BCUT2D eigenvalue weighted by molar-refractivity contribution is -0.136. The van der Waals surface area contributed by atoms with Gasteiger partial charge in [0.25, 0.3) is 0 Å². The molecule has 0 radical (unpaired) electrons. The molecule has 12 heavy (non-hydrogen) atoms. The summed E-state index contributed by atoms with van der Waals surface area (Å²) >= 11 is 0. The normalized spacial score (nSPS) is 9.75. The summed E-state index contributed by atoms with van der Waals surface area (Å²) in [6, 6.07) is 4.72. The molecule has 0 saturated carbocycles. The first-order valence-electron chi connectivity index (χ1n) is 3.60. The van der Waals surface area contributed by atoms with Crippen LogP contribution >= 0.6 is 0 Å². The third kappa shape index (κ3) is 1.99. The summed E-state index contributed by atoms with van der Waals surface area (Å²) in [6.07, 6.45) is -0.0414. The summed E-state index contributed by atoms with van der Waals surface area (Å²) in [5, 5.41) is 17.6. The van der Waals surface area contributed by atoms with Gasteiger partial charge in [0, 0.05) is 0 Å². The molecule has 0 unspecified atom stereocenters. The second-order valence-corrected chi connectivity index (χ2v) is 2.68. The Kier molecular flexibility index (Phi) is 2.33. The van der Waals surface area contributed by atoms with Gasteiger partial charge < -0.3 is 10.2 Å². The summed E-state index contributed by atoms with van der Waals surface area (Å²) in [5.41, 5.74) is 1.54. The molecule has 1 aromatic rings. The predicted molar refractivity (Wildman–Crippen MR) is 44.2 cm³/mol. The lowest BCUT2D eigenvalue weighted by atomic mass is 10.1. The molecule has 0 saturated heterocycles. The first kappa shape index (κ1) is 8.59. The molecule has 0 spiro atoms. The van der Waals surface area contributed by atoms with E-state index in [0.717, 1.165) is 5.56 Å². The number of benzene rings is 1. The average Bonchev–Trinajstić information content (AvgIpc) is 1.96. The van der Waals surface area contributed by atoms with Gasteiger partial charge >= 0.3 is 5.97 Å². The van der Waals surface area contributed by atoms with Crippen LogP contribution in [-0.2, 0) is 11.2 Å². The fourth-order valence-electron chi connectivity index (χ4n) is 1.01. The quantitative estimate of drug-likeness (QED) is 0.696. The maximum absolute atomic E-state index is 10.4. The third-order valence-corrected chi connectivity index (χ3v) is 1.67. The highest BCUT2D eigenvalue weighted by molar-refractivity contribution is 5.70. The Morgan fingerprint density at radius 1 is 1.50 bits per heavy atom. The van der Waals surface area contributed by atoms with Crippen molar-refractivity contribution in [3.05, 3.63) is 29.3 Å². The topological polar surface area (TPSA) is 57.5 Å². The van der Waals surface area contributed by atoms with Crippen molar-refractivity contribution in [3.63, 3.8) is 0 Å². The van der Waals surface area contributed by atoms with Crippen molar-refractivity contribution in [1.82, 2.24) is 0 Å². The number of hydrogen-bond acceptors (Lipinski definition) is 2. The molecule has 0 bridgehead atoms. The Labute approximate surface area is 70.3 Å². The summed E-state index contributed by atoms with van der Waals surface area (Å²) in [5.74, 6) is -0.777. The van der Waals surface area contributed by atoms with Gasteiger partial charge in [-0.3, -0.25) is 4.79 Å². The lowest BCUT2D eigenvalue weighted by Crippen LogP contribution is -2.01. The number of phenolic OH excluding ortho intramolecular Hbond substituents is 1. The van der Waals surface area contributed by atoms with E-state index in [1.807, 2.05) is 6.92 Å². The molecule has 1 aromatic carbocycles. The van der Waals surface area contributed by atoms with Crippen molar-refractivity contribution < 1.29 is 15.0 Å². The number of carboxylic acids is 1. The highest BCUT2D eigenvalue weighted by atomic mass is 16.4.